The first-order chi connectivity index (χ1) is 9.68. The molecular formula is C17H17NO2. The largest absolute Gasteiger partial charge is 0.294 e. The summed E-state index contributed by atoms with van der Waals surface area (Å²) >= 11 is 0. The van der Waals surface area contributed by atoms with Crippen molar-refractivity contribution in [1.29, 1.82) is 0 Å². The molecule has 20 heavy (non-hydrogen) atoms. The van der Waals surface area contributed by atoms with E-state index in [1.54, 1.807) is 0 Å². The minimum Gasteiger partial charge on any atom is -0.294 e. The predicted octanol–water partition coefficient (Wildman–Crippen LogP) is 3.70. The number of benzene rings is 1. The fraction of sp³-hybridized carbons (Fsp3) is 0.412. The van der Waals surface area contributed by atoms with Crippen LogP contribution >= 0.6 is 0 Å². The highest BCUT2D eigenvalue weighted by Gasteiger charge is 2.46. The second-order valence-electron chi connectivity index (χ2n) is 6.03. The summed E-state index contributed by atoms with van der Waals surface area (Å²) < 4.78 is 1.84. The predicted molar refractivity (Wildman–Crippen MR) is 77.3 cm³/mol. The van der Waals surface area contributed by atoms with Crippen LogP contribution in [0.2, 0.25) is 0 Å². The van der Waals surface area contributed by atoms with Gasteiger partial charge in [-0.15, -0.1) is 0 Å². The molecule has 0 unspecified atom stereocenters. The van der Waals surface area contributed by atoms with Crippen molar-refractivity contribution in [2.75, 3.05) is 0 Å². The van der Waals surface area contributed by atoms with E-state index in [-0.39, 0.29) is 17.1 Å². The molecule has 0 bridgehead atoms. The number of nitrogens with zero attached hydrogens (tertiary/aromatic N) is 1. The average Bonchev–Trinajstić information content (AvgIpc) is 2.84. The van der Waals surface area contributed by atoms with E-state index < -0.39 is 0 Å². The van der Waals surface area contributed by atoms with E-state index in [4.69, 9.17) is 0 Å². The highest BCUT2D eigenvalue weighted by atomic mass is 16.2. The van der Waals surface area contributed by atoms with Gasteiger partial charge in [0, 0.05) is 34.9 Å². The van der Waals surface area contributed by atoms with E-state index in [9.17, 15) is 9.59 Å². The molecule has 1 aromatic carbocycles. The number of para-hydroxylation sites is 1. The first-order valence-corrected chi connectivity index (χ1v) is 7.38. The molecule has 3 heteroatoms. The van der Waals surface area contributed by atoms with Gasteiger partial charge in [0.1, 0.15) is 0 Å². The Morgan fingerprint density at radius 1 is 1.15 bits per heavy atom. The van der Waals surface area contributed by atoms with Crippen LogP contribution < -0.4 is 0 Å². The van der Waals surface area contributed by atoms with Crippen LogP contribution in [-0.2, 0) is 5.41 Å². The van der Waals surface area contributed by atoms with Crippen LogP contribution in [0.5, 0.6) is 0 Å². The molecule has 0 N–H and O–H groups in total. The monoisotopic (exact) mass is 267 g/mol. The van der Waals surface area contributed by atoms with Gasteiger partial charge in [-0.2, -0.15) is 0 Å². The molecule has 1 aromatic heterocycles. The first kappa shape index (κ1) is 11.9. The summed E-state index contributed by atoms with van der Waals surface area (Å²) in [7, 11) is 0. The van der Waals surface area contributed by atoms with Gasteiger partial charge < -0.3 is 0 Å². The Balaban J connectivity index is 2.21. The Labute approximate surface area is 117 Å². The zero-order valence-electron chi connectivity index (χ0n) is 11.6. The molecule has 2 heterocycles. The van der Waals surface area contributed by atoms with Crippen molar-refractivity contribution < 1.29 is 9.59 Å². The molecule has 1 aliphatic heterocycles. The van der Waals surface area contributed by atoms with Gasteiger partial charge in [0.2, 0.25) is 5.91 Å². The van der Waals surface area contributed by atoms with Gasteiger partial charge >= 0.3 is 0 Å². The molecule has 0 saturated heterocycles. The number of Topliss-reactive ketones (excluding diaryl/α,β-unsaturated/α-hetero) is 1. The van der Waals surface area contributed by atoms with Crippen LogP contribution in [0.15, 0.2) is 24.3 Å². The number of ketones is 1. The number of hydrogen-bond acceptors (Lipinski definition) is 2. The molecule has 0 spiro atoms. The van der Waals surface area contributed by atoms with E-state index in [2.05, 4.69) is 6.92 Å². The standard InChI is InChI=1S/C17H17NO2/c1-2-17-9-7-13(19)15-11-5-3-4-6-12(11)18(16(15)17)14(20)8-10-17/h3-6H,2,7-10H2,1H3/t17-/m1/s1. The third kappa shape index (κ3) is 1.25. The van der Waals surface area contributed by atoms with Crippen molar-refractivity contribution in [1.82, 2.24) is 4.57 Å². The van der Waals surface area contributed by atoms with E-state index in [1.165, 1.54) is 0 Å². The number of hydrogen-bond donors (Lipinski definition) is 0. The lowest BCUT2D eigenvalue weighted by atomic mass is 9.67. The molecule has 0 amide bonds. The Bertz CT molecular complexity index is 697. The zero-order chi connectivity index (χ0) is 13.9. The van der Waals surface area contributed by atoms with E-state index >= 15 is 0 Å². The van der Waals surface area contributed by atoms with Crippen molar-refractivity contribution in [2.24, 2.45) is 0 Å². The van der Waals surface area contributed by atoms with Crippen molar-refractivity contribution in [3.05, 3.63) is 35.5 Å². The van der Waals surface area contributed by atoms with Crippen molar-refractivity contribution >= 4 is 22.6 Å². The smallest absolute Gasteiger partial charge is 0.231 e. The molecule has 2 aromatic rings. The van der Waals surface area contributed by atoms with Gasteiger partial charge in [0.15, 0.2) is 5.78 Å². The lowest BCUT2D eigenvalue weighted by Gasteiger charge is -2.40. The topological polar surface area (TPSA) is 39.1 Å². The maximum absolute atomic E-state index is 12.4. The molecule has 1 atom stereocenters. The Morgan fingerprint density at radius 2 is 1.90 bits per heavy atom. The van der Waals surface area contributed by atoms with Gasteiger partial charge in [-0.1, -0.05) is 25.1 Å². The van der Waals surface area contributed by atoms with E-state index in [1.807, 2.05) is 28.8 Å². The maximum Gasteiger partial charge on any atom is 0.231 e. The number of aromatic nitrogens is 1. The lowest BCUT2D eigenvalue weighted by Crippen LogP contribution is -2.40. The van der Waals surface area contributed by atoms with Crippen LogP contribution in [0, 0.1) is 0 Å². The van der Waals surface area contributed by atoms with Crippen LogP contribution in [0.4, 0.5) is 0 Å². The lowest BCUT2D eigenvalue weighted by molar-refractivity contribution is 0.0827. The number of carbonyl (C=O) groups is 2. The summed E-state index contributed by atoms with van der Waals surface area (Å²) in [5, 5.41) is 0.959. The normalized spacial score (nSPS) is 25.1. The van der Waals surface area contributed by atoms with Crippen molar-refractivity contribution in [3.8, 4) is 0 Å². The quantitative estimate of drug-likeness (QED) is 0.790. The molecule has 0 fully saturated rings. The van der Waals surface area contributed by atoms with Gasteiger partial charge in [0.05, 0.1) is 5.52 Å². The van der Waals surface area contributed by atoms with Gasteiger partial charge in [-0.05, 0) is 25.3 Å². The second-order valence-corrected chi connectivity index (χ2v) is 6.03. The third-order valence-corrected chi connectivity index (χ3v) is 5.23. The number of rotatable bonds is 1. The van der Waals surface area contributed by atoms with Crippen LogP contribution in [0.1, 0.15) is 59.9 Å². The second kappa shape index (κ2) is 3.81. The van der Waals surface area contributed by atoms with E-state index in [0.29, 0.717) is 12.8 Å². The average molecular weight is 267 g/mol. The highest BCUT2D eigenvalue weighted by molar-refractivity contribution is 6.13. The van der Waals surface area contributed by atoms with Gasteiger partial charge in [0.25, 0.3) is 0 Å². The highest BCUT2D eigenvalue weighted by Crippen LogP contribution is 2.49. The van der Waals surface area contributed by atoms with Gasteiger partial charge in [-0.25, -0.2) is 0 Å². The van der Waals surface area contributed by atoms with Crippen molar-refractivity contribution in [2.45, 2.75) is 44.4 Å². The number of fused-ring (bicyclic) bond motifs is 3. The van der Waals surface area contributed by atoms with Crippen LogP contribution in [-0.4, -0.2) is 16.3 Å². The molecule has 4 rings (SSSR count). The zero-order valence-corrected chi connectivity index (χ0v) is 11.6. The van der Waals surface area contributed by atoms with Crippen LogP contribution in [0.3, 0.4) is 0 Å². The fourth-order valence-corrected chi connectivity index (χ4v) is 4.10. The summed E-state index contributed by atoms with van der Waals surface area (Å²) in [6.07, 6.45) is 3.98. The fourth-order valence-electron chi connectivity index (χ4n) is 4.10. The summed E-state index contributed by atoms with van der Waals surface area (Å²) in [6.45, 7) is 2.18. The number of carbonyl (C=O) groups excluding carboxylic acids is 2. The van der Waals surface area contributed by atoms with Crippen molar-refractivity contribution in [3.63, 3.8) is 0 Å². The molecule has 2 aliphatic rings. The molecule has 3 nitrogen and oxygen atoms in total. The summed E-state index contributed by atoms with van der Waals surface area (Å²) in [6, 6.07) is 7.83. The summed E-state index contributed by atoms with van der Waals surface area (Å²) in [5.41, 5.74) is 2.77. The Morgan fingerprint density at radius 3 is 2.70 bits per heavy atom. The third-order valence-electron chi connectivity index (χ3n) is 5.23. The molecule has 1 aliphatic carbocycles. The molecule has 102 valence electrons. The minimum absolute atomic E-state index is 0.0240. The Hall–Kier alpha value is -1.90. The van der Waals surface area contributed by atoms with E-state index in [0.717, 1.165) is 41.4 Å². The molecule has 0 radical (unpaired) electrons. The summed E-state index contributed by atoms with van der Waals surface area (Å²) in [4.78, 5) is 24.9. The molecule has 0 saturated carbocycles. The minimum atomic E-state index is 0.0240. The maximum atomic E-state index is 12.4. The Kier molecular flexibility index (Phi) is 2.27. The van der Waals surface area contributed by atoms with Crippen LogP contribution in [0.25, 0.3) is 10.9 Å². The summed E-state index contributed by atoms with van der Waals surface area (Å²) in [5.74, 6) is 0.343. The SMILES string of the molecule is CC[C@]12CCC(=O)c3c1n(c1ccccc31)C(=O)CC2. The van der Waals surface area contributed by atoms with Gasteiger partial charge in [-0.3, -0.25) is 14.2 Å². The first-order valence-electron chi connectivity index (χ1n) is 7.38. The molecular weight excluding hydrogens is 250 g/mol.